The van der Waals surface area contributed by atoms with Crippen LogP contribution in [0.2, 0.25) is 0 Å². The predicted octanol–water partition coefficient (Wildman–Crippen LogP) is 5.33. The van der Waals surface area contributed by atoms with Crippen molar-refractivity contribution in [1.29, 1.82) is 0 Å². The van der Waals surface area contributed by atoms with Crippen LogP contribution in [-0.4, -0.2) is 11.6 Å². The van der Waals surface area contributed by atoms with E-state index < -0.39 is 0 Å². The van der Waals surface area contributed by atoms with Crippen LogP contribution in [0.5, 0.6) is 17.4 Å². The van der Waals surface area contributed by atoms with E-state index in [1.54, 1.807) is 18.3 Å². The molecule has 0 aliphatic rings. The van der Waals surface area contributed by atoms with Crippen LogP contribution in [-0.2, 0) is 6.42 Å². The lowest BCUT2D eigenvalue weighted by Crippen LogP contribution is -2.03. The molecule has 0 fully saturated rings. The number of hydrogen-bond acceptors (Lipinski definition) is 5. The molecule has 1 heterocycles. The second-order valence-electron chi connectivity index (χ2n) is 6.88. The lowest BCUT2D eigenvalue weighted by molar-refractivity contribution is 0.322. The van der Waals surface area contributed by atoms with E-state index in [9.17, 15) is 0 Å². The molecule has 0 saturated heterocycles. The summed E-state index contributed by atoms with van der Waals surface area (Å²) in [4.78, 5) is 4.21. The van der Waals surface area contributed by atoms with Crippen molar-refractivity contribution in [3.05, 3.63) is 96.7 Å². The minimum atomic E-state index is 0.501. The predicted molar refractivity (Wildman–Crippen MR) is 121 cm³/mol. The Labute approximate surface area is 175 Å². The monoisotopic (exact) mass is 397 g/mol. The summed E-state index contributed by atoms with van der Waals surface area (Å²) in [5.74, 6) is 2.01. The molecule has 5 nitrogen and oxygen atoms in total. The summed E-state index contributed by atoms with van der Waals surface area (Å²) < 4.78 is 11.8. The van der Waals surface area contributed by atoms with Crippen LogP contribution in [0.1, 0.15) is 5.56 Å². The first-order valence-corrected chi connectivity index (χ1v) is 9.73. The first-order chi connectivity index (χ1) is 14.7. The normalized spacial score (nSPS) is 10.5. The van der Waals surface area contributed by atoms with Gasteiger partial charge in [0.1, 0.15) is 11.5 Å². The number of aromatic nitrogens is 1. The molecule has 0 aliphatic heterocycles. The standard InChI is InChI=1S/C25H23N3O2/c26-20-6-9-22(10-7-20)29-15-14-19-16-23(30-25-13-8-21(27)17-28-25)11-12-24(19)18-4-2-1-3-5-18/h1-13,16-17H,14-15,26-27H2. The van der Waals surface area contributed by atoms with Gasteiger partial charge in [-0.3, -0.25) is 0 Å². The first kappa shape index (κ1) is 19.3. The summed E-state index contributed by atoms with van der Waals surface area (Å²) in [5.41, 5.74) is 16.2. The van der Waals surface area contributed by atoms with E-state index in [2.05, 4.69) is 23.2 Å². The fourth-order valence-corrected chi connectivity index (χ4v) is 3.16. The summed E-state index contributed by atoms with van der Waals surface area (Å²) in [6.45, 7) is 0.535. The molecule has 4 aromatic rings. The highest BCUT2D eigenvalue weighted by molar-refractivity contribution is 5.68. The summed E-state index contributed by atoms with van der Waals surface area (Å²) >= 11 is 0. The highest BCUT2D eigenvalue weighted by atomic mass is 16.5. The minimum Gasteiger partial charge on any atom is -0.493 e. The Morgan fingerprint density at radius 1 is 0.733 bits per heavy atom. The SMILES string of the molecule is Nc1ccc(OCCc2cc(Oc3ccc(N)cn3)ccc2-c2ccccc2)cc1. The Hall–Kier alpha value is -3.99. The van der Waals surface area contributed by atoms with Crippen LogP contribution in [0, 0.1) is 0 Å². The Kier molecular flexibility index (Phi) is 5.80. The molecule has 0 unspecified atom stereocenters. The van der Waals surface area contributed by atoms with Gasteiger partial charge in [-0.1, -0.05) is 36.4 Å². The van der Waals surface area contributed by atoms with E-state index in [0.29, 0.717) is 18.2 Å². The molecule has 5 heteroatoms. The van der Waals surface area contributed by atoms with Gasteiger partial charge >= 0.3 is 0 Å². The van der Waals surface area contributed by atoms with Crippen LogP contribution in [0.4, 0.5) is 11.4 Å². The molecule has 0 amide bonds. The summed E-state index contributed by atoms with van der Waals surface area (Å²) in [5, 5.41) is 0. The van der Waals surface area contributed by atoms with Crippen molar-refractivity contribution in [1.82, 2.24) is 4.98 Å². The highest BCUT2D eigenvalue weighted by Crippen LogP contribution is 2.30. The zero-order valence-electron chi connectivity index (χ0n) is 16.5. The van der Waals surface area contributed by atoms with E-state index in [-0.39, 0.29) is 0 Å². The zero-order chi connectivity index (χ0) is 20.8. The maximum atomic E-state index is 5.92. The third-order valence-corrected chi connectivity index (χ3v) is 4.66. The van der Waals surface area contributed by atoms with E-state index in [0.717, 1.165) is 40.3 Å². The summed E-state index contributed by atoms with van der Waals surface area (Å²) in [7, 11) is 0. The number of pyridine rings is 1. The number of ether oxygens (including phenoxy) is 2. The van der Waals surface area contributed by atoms with E-state index >= 15 is 0 Å². The quantitative estimate of drug-likeness (QED) is 0.412. The van der Waals surface area contributed by atoms with Crippen molar-refractivity contribution in [2.45, 2.75) is 6.42 Å². The van der Waals surface area contributed by atoms with Crippen molar-refractivity contribution in [2.75, 3.05) is 18.1 Å². The van der Waals surface area contributed by atoms with E-state index in [1.165, 1.54) is 0 Å². The van der Waals surface area contributed by atoms with Crippen LogP contribution in [0.3, 0.4) is 0 Å². The number of benzene rings is 3. The van der Waals surface area contributed by atoms with Gasteiger partial charge in [-0.25, -0.2) is 4.98 Å². The van der Waals surface area contributed by atoms with Crippen molar-refractivity contribution >= 4 is 11.4 Å². The molecule has 4 rings (SSSR count). The lowest BCUT2D eigenvalue weighted by Gasteiger charge is -2.14. The van der Waals surface area contributed by atoms with Gasteiger partial charge < -0.3 is 20.9 Å². The first-order valence-electron chi connectivity index (χ1n) is 9.73. The molecular formula is C25H23N3O2. The van der Waals surface area contributed by atoms with Crippen molar-refractivity contribution in [3.8, 4) is 28.5 Å². The molecular weight excluding hydrogens is 374 g/mol. The van der Waals surface area contributed by atoms with Crippen LogP contribution >= 0.6 is 0 Å². The molecule has 4 N–H and O–H groups in total. The number of nitrogen functional groups attached to an aromatic ring is 2. The van der Waals surface area contributed by atoms with Gasteiger partial charge in [0.25, 0.3) is 0 Å². The Bertz CT molecular complexity index is 1100. The van der Waals surface area contributed by atoms with Gasteiger partial charge in [0, 0.05) is 18.2 Å². The average molecular weight is 397 g/mol. The molecule has 0 atom stereocenters. The zero-order valence-corrected chi connectivity index (χ0v) is 16.5. The molecule has 0 aliphatic carbocycles. The molecule has 150 valence electrons. The lowest BCUT2D eigenvalue weighted by atomic mass is 9.97. The van der Waals surface area contributed by atoms with Crippen molar-refractivity contribution in [3.63, 3.8) is 0 Å². The van der Waals surface area contributed by atoms with Crippen LogP contribution in [0.15, 0.2) is 91.1 Å². The molecule has 0 saturated carbocycles. The molecule has 0 spiro atoms. The Morgan fingerprint density at radius 2 is 1.47 bits per heavy atom. The van der Waals surface area contributed by atoms with Gasteiger partial charge in [0.2, 0.25) is 5.88 Å². The second kappa shape index (κ2) is 9.01. The Balaban J connectivity index is 1.55. The summed E-state index contributed by atoms with van der Waals surface area (Å²) in [6, 6.07) is 27.3. The molecule has 3 aromatic carbocycles. The van der Waals surface area contributed by atoms with Gasteiger partial charge in [-0.15, -0.1) is 0 Å². The van der Waals surface area contributed by atoms with Crippen molar-refractivity contribution < 1.29 is 9.47 Å². The summed E-state index contributed by atoms with van der Waals surface area (Å²) in [6.07, 6.45) is 2.30. The third kappa shape index (κ3) is 4.89. The van der Waals surface area contributed by atoms with Gasteiger partial charge in [-0.05, 0) is 59.2 Å². The number of nitrogens with zero attached hydrogens (tertiary/aromatic N) is 1. The number of rotatable bonds is 7. The maximum absolute atomic E-state index is 5.92. The smallest absolute Gasteiger partial charge is 0.219 e. The number of nitrogens with two attached hydrogens (primary N) is 2. The molecule has 0 bridgehead atoms. The molecule has 0 radical (unpaired) electrons. The number of hydrogen-bond donors (Lipinski definition) is 2. The minimum absolute atomic E-state index is 0.501. The van der Waals surface area contributed by atoms with Crippen LogP contribution < -0.4 is 20.9 Å². The Morgan fingerprint density at radius 3 is 2.20 bits per heavy atom. The largest absolute Gasteiger partial charge is 0.493 e. The maximum Gasteiger partial charge on any atom is 0.219 e. The topological polar surface area (TPSA) is 83.4 Å². The third-order valence-electron chi connectivity index (χ3n) is 4.66. The fraction of sp³-hybridized carbons (Fsp3) is 0.0800. The fourth-order valence-electron chi connectivity index (χ4n) is 3.16. The highest BCUT2D eigenvalue weighted by Gasteiger charge is 2.09. The average Bonchev–Trinajstić information content (AvgIpc) is 2.78. The van der Waals surface area contributed by atoms with Gasteiger partial charge in [0.05, 0.1) is 18.5 Å². The van der Waals surface area contributed by atoms with Gasteiger partial charge in [-0.2, -0.15) is 0 Å². The van der Waals surface area contributed by atoms with Crippen LogP contribution in [0.25, 0.3) is 11.1 Å². The van der Waals surface area contributed by atoms with Gasteiger partial charge in [0.15, 0.2) is 0 Å². The molecule has 30 heavy (non-hydrogen) atoms. The van der Waals surface area contributed by atoms with Crippen molar-refractivity contribution in [2.24, 2.45) is 0 Å². The second-order valence-corrected chi connectivity index (χ2v) is 6.88. The number of anilines is 2. The molecule has 1 aromatic heterocycles. The van der Waals surface area contributed by atoms with E-state index in [4.69, 9.17) is 20.9 Å². The van der Waals surface area contributed by atoms with E-state index in [1.807, 2.05) is 54.6 Å².